The van der Waals surface area contributed by atoms with Crippen molar-refractivity contribution in [2.75, 3.05) is 58.4 Å². The number of amides is 2. The summed E-state index contributed by atoms with van der Waals surface area (Å²) in [6.07, 6.45) is 1.90. The van der Waals surface area contributed by atoms with Gasteiger partial charge < -0.3 is 14.4 Å². The van der Waals surface area contributed by atoms with Crippen molar-refractivity contribution in [1.29, 1.82) is 0 Å². The fourth-order valence-corrected chi connectivity index (χ4v) is 4.83. The van der Waals surface area contributed by atoms with Crippen LogP contribution >= 0.6 is 0 Å². The lowest BCUT2D eigenvalue weighted by Crippen LogP contribution is -2.45. The number of aromatic nitrogens is 2. The molecule has 9 nitrogen and oxygen atoms in total. The Morgan fingerprint density at radius 2 is 1.57 bits per heavy atom. The van der Waals surface area contributed by atoms with Gasteiger partial charge in [-0.05, 0) is 62.4 Å². The summed E-state index contributed by atoms with van der Waals surface area (Å²) in [7, 11) is 1.63. The van der Waals surface area contributed by atoms with E-state index < -0.39 is 0 Å². The molecule has 3 aromatic carbocycles. The van der Waals surface area contributed by atoms with Gasteiger partial charge >= 0.3 is 0 Å². The molecule has 2 amide bonds. The quantitative estimate of drug-likeness (QED) is 0.302. The SMILES string of the molecule is COc1ccc(-c2cn(-c3ccc(C)cc3)c(NC(=O)CN(CCN3CCOCC3)C(=O)c3ccc(C)cc3)n2)cc1. The third-order valence-electron chi connectivity index (χ3n) is 7.37. The number of morpholine rings is 1. The van der Waals surface area contributed by atoms with E-state index in [2.05, 4.69) is 10.2 Å². The number of benzene rings is 3. The standard InChI is InChI=1S/C33H37N5O4/c1-24-4-8-27(9-5-24)32(40)37(17-16-36-18-20-42-21-19-36)23-31(39)35-33-34-30(26-10-14-29(41-3)15-11-26)22-38(33)28-12-6-25(2)7-13-28/h4-15,22H,16-21,23H2,1-3H3,(H,34,35,39). The smallest absolute Gasteiger partial charge is 0.254 e. The summed E-state index contributed by atoms with van der Waals surface area (Å²) < 4.78 is 12.6. The lowest BCUT2D eigenvalue weighted by Gasteiger charge is -2.30. The van der Waals surface area contributed by atoms with E-state index in [1.54, 1.807) is 12.0 Å². The molecule has 218 valence electrons. The van der Waals surface area contributed by atoms with Crippen molar-refractivity contribution in [2.45, 2.75) is 13.8 Å². The zero-order valence-electron chi connectivity index (χ0n) is 24.4. The molecular formula is C33H37N5O4. The Balaban J connectivity index is 1.38. The van der Waals surface area contributed by atoms with Crippen molar-refractivity contribution in [1.82, 2.24) is 19.4 Å². The molecule has 1 aromatic heterocycles. The average molecular weight is 568 g/mol. The first-order valence-electron chi connectivity index (χ1n) is 14.2. The zero-order chi connectivity index (χ0) is 29.5. The van der Waals surface area contributed by atoms with Crippen LogP contribution in [0.1, 0.15) is 21.5 Å². The second-order valence-corrected chi connectivity index (χ2v) is 10.5. The number of nitrogens with zero attached hydrogens (tertiary/aromatic N) is 4. The number of carbonyl (C=O) groups excluding carboxylic acids is 2. The van der Waals surface area contributed by atoms with E-state index >= 15 is 0 Å². The highest BCUT2D eigenvalue weighted by Gasteiger charge is 2.22. The van der Waals surface area contributed by atoms with Crippen molar-refractivity contribution in [2.24, 2.45) is 0 Å². The van der Waals surface area contributed by atoms with Crippen LogP contribution in [0.15, 0.2) is 79.0 Å². The van der Waals surface area contributed by atoms with Crippen LogP contribution in [0.2, 0.25) is 0 Å². The van der Waals surface area contributed by atoms with Crippen LogP contribution in [0.5, 0.6) is 5.75 Å². The molecule has 0 saturated carbocycles. The van der Waals surface area contributed by atoms with Crippen molar-refractivity contribution >= 4 is 17.8 Å². The van der Waals surface area contributed by atoms with Gasteiger partial charge in [0.25, 0.3) is 5.91 Å². The van der Waals surface area contributed by atoms with E-state index in [0.717, 1.165) is 41.2 Å². The molecule has 1 N–H and O–H groups in total. The third kappa shape index (κ3) is 7.23. The first kappa shape index (κ1) is 29.0. The number of nitrogens with one attached hydrogen (secondary N) is 1. The molecule has 0 bridgehead atoms. The van der Waals surface area contributed by atoms with Crippen LogP contribution in [0, 0.1) is 13.8 Å². The van der Waals surface area contributed by atoms with Crippen LogP contribution in [0.4, 0.5) is 5.95 Å². The predicted molar refractivity (Wildman–Crippen MR) is 163 cm³/mol. The van der Waals surface area contributed by atoms with E-state index in [4.69, 9.17) is 14.5 Å². The van der Waals surface area contributed by atoms with Crippen molar-refractivity contribution in [3.8, 4) is 22.7 Å². The molecule has 1 fully saturated rings. The van der Waals surface area contributed by atoms with Gasteiger partial charge in [0.05, 0.1) is 26.0 Å². The van der Waals surface area contributed by atoms with E-state index in [1.165, 1.54) is 0 Å². The summed E-state index contributed by atoms with van der Waals surface area (Å²) in [5, 5.41) is 2.98. The van der Waals surface area contributed by atoms with Crippen LogP contribution < -0.4 is 10.1 Å². The summed E-state index contributed by atoms with van der Waals surface area (Å²) in [4.78, 5) is 35.7. The highest BCUT2D eigenvalue weighted by Crippen LogP contribution is 2.26. The van der Waals surface area contributed by atoms with Gasteiger partial charge in [0.2, 0.25) is 11.9 Å². The molecule has 42 heavy (non-hydrogen) atoms. The maximum absolute atomic E-state index is 13.6. The molecule has 4 aromatic rings. The van der Waals surface area contributed by atoms with Crippen LogP contribution in [0.25, 0.3) is 16.9 Å². The lowest BCUT2D eigenvalue weighted by molar-refractivity contribution is -0.117. The number of hydrogen-bond donors (Lipinski definition) is 1. The molecule has 0 unspecified atom stereocenters. The number of carbonyl (C=O) groups is 2. The lowest BCUT2D eigenvalue weighted by atomic mass is 10.1. The molecule has 0 aliphatic carbocycles. The summed E-state index contributed by atoms with van der Waals surface area (Å²) in [5.74, 6) is 0.628. The Bertz CT molecular complexity index is 1490. The zero-order valence-corrected chi connectivity index (χ0v) is 24.4. The Morgan fingerprint density at radius 3 is 2.21 bits per heavy atom. The molecular weight excluding hydrogens is 530 g/mol. The number of anilines is 1. The highest BCUT2D eigenvalue weighted by molar-refractivity contribution is 5.99. The average Bonchev–Trinajstić information content (AvgIpc) is 3.43. The van der Waals surface area contributed by atoms with E-state index in [0.29, 0.717) is 43.5 Å². The molecule has 9 heteroatoms. The molecule has 5 rings (SSSR count). The Hall–Kier alpha value is -4.47. The van der Waals surface area contributed by atoms with E-state index in [9.17, 15) is 9.59 Å². The highest BCUT2D eigenvalue weighted by atomic mass is 16.5. The van der Waals surface area contributed by atoms with Gasteiger partial charge in [-0.1, -0.05) is 35.4 Å². The van der Waals surface area contributed by atoms with E-state index in [1.807, 2.05) is 97.4 Å². The van der Waals surface area contributed by atoms with E-state index in [-0.39, 0.29) is 18.4 Å². The van der Waals surface area contributed by atoms with Crippen LogP contribution in [-0.4, -0.2) is 84.2 Å². The fraction of sp³-hybridized carbons (Fsp3) is 0.303. The van der Waals surface area contributed by atoms with Gasteiger partial charge in [-0.3, -0.25) is 24.4 Å². The normalized spacial score (nSPS) is 13.5. The van der Waals surface area contributed by atoms with Crippen molar-refractivity contribution in [3.63, 3.8) is 0 Å². The minimum Gasteiger partial charge on any atom is -0.497 e. The Labute approximate surface area is 246 Å². The largest absolute Gasteiger partial charge is 0.497 e. The Morgan fingerprint density at radius 1 is 0.929 bits per heavy atom. The maximum atomic E-state index is 13.6. The minimum absolute atomic E-state index is 0.102. The van der Waals surface area contributed by atoms with Crippen LogP contribution in [-0.2, 0) is 9.53 Å². The molecule has 1 saturated heterocycles. The Kier molecular flexibility index (Phi) is 9.31. The fourth-order valence-electron chi connectivity index (χ4n) is 4.83. The maximum Gasteiger partial charge on any atom is 0.254 e. The number of hydrogen-bond acceptors (Lipinski definition) is 6. The van der Waals surface area contributed by atoms with Gasteiger partial charge in [0.15, 0.2) is 0 Å². The van der Waals surface area contributed by atoms with Crippen LogP contribution in [0.3, 0.4) is 0 Å². The number of imidazole rings is 1. The van der Waals surface area contributed by atoms with Crippen molar-refractivity contribution < 1.29 is 19.1 Å². The number of rotatable bonds is 10. The van der Waals surface area contributed by atoms with Crippen molar-refractivity contribution in [3.05, 3.63) is 95.7 Å². The molecule has 0 atom stereocenters. The summed E-state index contributed by atoms with van der Waals surface area (Å²) >= 11 is 0. The topological polar surface area (TPSA) is 88.9 Å². The first-order chi connectivity index (χ1) is 20.4. The van der Waals surface area contributed by atoms with Gasteiger partial charge in [-0.2, -0.15) is 0 Å². The van der Waals surface area contributed by atoms with Gasteiger partial charge in [-0.25, -0.2) is 4.98 Å². The summed E-state index contributed by atoms with van der Waals surface area (Å²) in [6, 6.07) is 23.1. The monoisotopic (exact) mass is 567 g/mol. The van der Waals surface area contributed by atoms with Gasteiger partial charge in [0.1, 0.15) is 12.3 Å². The van der Waals surface area contributed by atoms with Gasteiger partial charge in [0, 0.05) is 49.2 Å². The first-order valence-corrected chi connectivity index (χ1v) is 14.2. The second-order valence-electron chi connectivity index (χ2n) is 10.5. The number of aryl methyl sites for hydroxylation is 2. The molecule has 2 heterocycles. The summed E-state index contributed by atoms with van der Waals surface area (Å²) in [5.41, 5.74) is 5.21. The molecule has 1 aliphatic rings. The number of ether oxygens (including phenoxy) is 2. The molecule has 0 spiro atoms. The predicted octanol–water partition coefficient (Wildman–Crippen LogP) is 4.58. The minimum atomic E-state index is -0.322. The molecule has 1 aliphatic heterocycles. The summed E-state index contributed by atoms with van der Waals surface area (Å²) in [6.45, 7) is 7.94. The second kappa shape index (κ2) is 13.5. The third-order valence-corrected chi connectivity index (χ3v) is 7.37. The molecule has 0 radical (unpaired) electrons. The number of methoxy groups -OCH3 is 1. The van der Waals surface area contributed by atoms with Gasteiger partial charge in [-0.15, -0.1) is 0 Å².